The van der Waals surface area contributed by atoms with Gasteiger partial charge in [-0.2, -0.15) is 0 Å². The molecule has 0 aromatic heterocycles. The van der Waals surface area contributed by atoms with Crippen molar-refractivity contribution in [1.82, 2.24) is 0 Å². The number of benzene rings is 2. The summed E-state index contributed by atoms with van der Waals surface area (Å²) in [6, 6.07) is 6.44. The van der Waals surface area contributed by atoms with E-state index in [1.807, 2.05) is 0 Å². The van der Waals surface area contributed by atoms with Gasteiger partial charge in [0.2, 0.25) is 0 Å². The second kappa shape index (κ2) is 8.87. The number of carboxylic acid groups (broad SMARTS) is 4. The summed E-state index contributed by atoms with van der Waals surface area (Å²) in [5.74, 6) is -7.10. The molecule has 2 rings (SSSR count). The molecule has 8 heteroatoms. The molecular weight excluding hydrogens is 392 g/mol. The lowest BCUT2D eigenvalue weighted by atomic mass is 9.80. The summed E-state index contributed by atoms with van der Waals surface area (Å²) in [6.07, 6.45) is 2.93. The minimum Gasteiger partial charge on any atom is -0.478 e. The molecule has 0 fully saturated rings. The summed E-state index contributed by atoms with van der Waals surface area (Å²) in [5, 5.41) is 38.8. The number of rotatable bonds is 9. The Labute approximate surface area is 171 Å². The standard InChI is InChI=1S/C22H18O8/c1-3-7-11-9-5-6-10-12(11)14-13(8-4-2)15(19(23)24)17(21(27)28)18(22(29)30)16(14)20(25)26/h3-6,9-10H,1-2,7-8H2,(H,23,24)(H,25,26)(H,27,28)(H,29,30). The van der Waals surface area contributed by atoms with Gasteiger partial charge in [0, 0.05) is 5.56 Å². The molecule has 0 spiro atoms. The van der Waals surface area contributed by atoms with E-state index in [0.717, 1.165) is 0 Å². The van der Waals surface area contributed by atoms with E-state index in [4.69, 9.17) is 0 Å². The fourth-order valence-corrected chi connectivity index (χ4v) is 3.42. The maximum atomic E-state index is 12.2. The summed E-state index contributed by atoms with van der Waals surface area (Å²) in [7, 11) is 0. The van der Waals surface area contributed by atoms with E-state index in [0.29, 0.717) is 5.56 Å². The van der Waals surface area contributed by atoms with Crippen LogP contribution in [0.5, 0.6) is 0 Å². The number of carboxylic acids is 4. The Morgan fingerprint density at radius 1 is 0.700 bits per heavy atom. The number of carbonyl (C=O) groups is 4. The van der Waals surface area contributed by atoms with Crippen molar-refractivity contribution in [3.8, 4) is 11.1 Å². The third-order valence-corrected chi connectivity index (χ3v) is 4.46. The van der Waals surface area contributed by atoms with Crippen LogP contribution in [0.15, 0.2) is 49.6 Å². The first-order valence-corrected chi connectivity index (χ1v) is 8.63. The monoisotopic (exact) mass is 410 g/mol. The Bertz CT molecular complexity index is 1090. The van der Waals surface area contributed by atoms with Crippen molar-refractivity contribution >= 4 is 23.9 Å². The van der Waals surface area contributed by atoms with Crippen molar-refractivity contribution in [2.24, 2.45) is 0 Å². The predicted octanol–water partition coefficient (Wildman–Crippen LogP) is 3.60. The molecule has 0 bridgehead atoms. The Morgan fingerprint density at radius 2 is 1.17 bits per heavy atom. The lowest BCUT2D eigenvalue weighted by molar-refractivity contribution is 0.0619. The zero-order valence-electron chi connectivity index (χ0n) is 15.7. The van der Waals surface area contributed by atoms with E-state index in [9.17, 15) is 39.6 Å². The average molecular weight is 410 g/mol. The highest BCUT2D eigenvalue weighted by atomic mass is 16.4. The summed E-state index contributed by atoms with van der Waals surface area (Å²) in [6.45, 7) is 7.17. The van der Waals surface area contributed by atoms with Crippen LogP contribution in [0.25, 0.3) is 11.1 Å². The molecule has 0 aliphatic heterocycles. The second-order valence-electron chi connectivity index (χ2n) is 6.22. The predicted molar refractivity (Wildman–Crippen MR) is 108 cm³/mol. The van der Waals surface area contributed by atoms with Crippen molar-refractivity contribution in [3.63, 3.8) is 0 Å². The van der Waals surface area contributed by atoms with Crippen molar-refractivity contribution in [1.29, 1.82) is 0 Å². The topological polar surface area (TPSA) is 149 Å². The number of aromatic carboxylic acids is 4. The third kappa shape index (κ3) is 3.83. The normalized spacial score (nSPS) is 10.3. The molecule has 0 saturated carbocycles. The van der Waals surface area contributed by atoms with Crippen LogP contribution < -0.4 is 0 Å². The van der Waals surface area contributed by atoms with Crippen LogP contribution in [0.2, 0.25) is 0 Å². The zero-order chi connectivity index (χ0) is 22.6. The molecule has 30 heavy (non-hydrogen) atoms. The first-order chi connectivity index (χ1) is 14.2. The van der Waals surface area contributed by atoms with Crippen LogP contribution in [0.4, 0.5) is 0 Å². The van der Waals surface area contributed by atoms with Crippen LogP contribution >= 0.6 is 0 Å². The van der Waals surface area contributed by atoms with Gasteiger partial charge in [-0.3, -0.25) is 0 Å². The first-order valence-electron chi connectivity index (χ1n) is 8.63. The molecule has 2 aromatic rings. The first kappa shape index (κ1) is 22.1. The zero-order valence-corrected chi connectivity index (χ0v) is 15.7. The molecule has 4 N–H and O–H groups in total. The Kier molecular flexibility index (Phi) is 6.53. The Morgan fingerprint density at radius 3 is 1.63 bits per heavy atom. The van der Waals surface area contributed by atoms with Gasteiger partial charge in [-0.25, -0.2) is 19.2 Å². The second-order valence-corrected chi connectivity index (χ2v) is 6.22. The summed E-state index contributed by atoms with van der Waals surface area (Å²) < 4.78 is 0. The molecule has 0 heterocycles. The van der Waals surface area contributed by atoms with Crippen LogP contribution in [-0.4, -0.2) is 44.3 Å². The molecule has 0 atom stereocenters. The highest BCUT2D eigenvalue weighted by Gasteiger charge is 2.36. The quantitative estimate of drug-likeness (QED) is 0.458. The van der Waals surface area contributed by atoms with Crippen molar-refractivity contribution in [3.05, 3.63) is 83.0 Å². The third-order valence-electron chi connectivity index (χ3n) is 4.46. The van der Waals surface area contributed by atoms with Crippen molar-refractivity contribution < 1.29 is 39.6 Å². The molecule has 0 radical (unpaired) electrons. The molecule has 8 nitrogen and oxygen atoms in total. The van der Waals surface area contributed by atoms with Crippen LogP contribution in [0, 0.1) is 0 Å². The van der Waals surface area contributed by atoms with Gasteiger partial charge in [0.1, 0.15) is 0 Å². The fraction of sp³-hybridized carbons (Fsp3) is 0.0909. The van der Waals surface area contributed by atoms with E-state index < -0.39 is 46.1 Å². The molecule has 0 unspecified atom stereocenters. The van der Waals surface area contributed by atoms with Crippen molar-refractivity contribution in [2.75, 3.05) is 0 Å². The van der Waals surface area contributed by atoms with Gasteiger partial charge in [0.05, 0.1) is 22.3 Å². The van der Waals surface area contributed by atoms with E-state index >= 15 is 0 Å². The van der Waals surface area contributed by atoms with Gasteiger partial charge < -0.3 is 20.4 Å². The van der Waals surface area contributed by atoms with E-state index in [2.05, 4.69) is 13.2 Å². The molecule has 0 amide bonds. The van der Waals surface area contributed by atoms with Crippen LogP contribution in [0.3, 0.4) is 0 Å². The van der Waals surface area contributed by atoms with E-state index in [-0.39, 0.29) is 29.5 Å². The number of hydrogen-bond acceptors (Lipinski definition) is 4. The fourth-order valence-electron chi connectivity index (χ4n) is 3.42. The molecule has 2 aromatic carbocycles. The van der Waals surface area contributed by atoms with E-state index in [1.54, 1.807) is 24.3 Å². The largest absolute Gasteiger partial charge is 0.478 e. The summed E-state index contributed by atoms with van der Waals surface area (Å²) in [4.78, 5) is 47.9. The van der Waals surface area contributed by atoms with Gasteiger partial charge in [-0.05, 0) is 29.5 Å². The molecule has 154 valence electrons. The van der Waals surface area contributed by atoms with Gasteiger partial charge in [0.25, 0.3) is 0 Å². The molecule has 0 aliphatic rings. The number of allylic oxidation sites excluding steroid dienone is 2. The highest BCUT2D eigenvalue weighted by Crippen LogP contribution is 2.38. The Balaban J connectivity index is 3.30. The average Bonchev–Trinajstić information content (AvgIpc) is 2.67. The minimum atomic E-state index is -1.86. The maximum absolute atomic E-state index is 12.2. The number of hydrogen-bond donors (Lipinski definition) is 4. The SMILES string of the molecule is C=CCc1ccccc1-c1c(CC=C)c(C(=O)O)c(C(=O)O)c(C(=O)O)c1C(=O)O. The molecule has 0 saturated heterocycles. The van der Waals surface area contributed by atoms with Crippen LogP contribution in [-0.2, 0) is 12.8 Å². The van der Waals surface area contributed by atoms with Gasteiger partial charge in [-0.1, -0.05) is 36.4 Å². The van der Waals surface area contributed by atoms with E-state index in [1.165, 1.54) is 12.1 Å². The highest BCUT2D eigenvalue weighted by molar-refractivity contribution is 6.18. The summed E-state index contributed by atoms with van der Waals surface area (Å²) >= 11 is 0. The van der Waals surface area contributed by atoms with Gasteiger partial charge in [0.15, 0.2) is 0 Å². The molecule has 0 aliphatic carbocycles. The van der Waals surface area contributed by atoms with Gasteiger partial charge >= 0.3 is 23.9 Å². The Hall–Kier alpha value is -4.20. The maximum Gasteiger partial charge on any atom is 0.337 e. The van der Waals surface area contributed by atoms with Crippen molar-refractivity contribution in [2.45, 2.75) is 12.8 Å². The lowest BCUT2D eigenvalue weighted by Crippen LogP contribution is -2.23. The smallest absolute Gasteiger partial charge is 0.337 e. The summed E-state index contributed by atoms with van der Waals surface area (Å²) in [5.41, 5.74) is -3.23. The minimum absolute atomic E-state index is 0.145. The molecular formula is C22H18O8. The van der Waals surface area contributed by atoms with Crippen LogP contribution in [0.1, 0.15) is 52.6 Å². The van der Waals surface area contributed by atoms with Gasteiger partial charge in [-0.15, -0.1) is 13.2 Å². The lowest BCUT2D eigenvalue weighted by Gasteiger charge is -2.21.